The van der Waals surface area contributed by atoms with Crippen LogP contribution in [0.4, 0.5) is 0 Å². The van der Waals surface area contributed by atoms with Crippen molar-refractivity contribution in [2.45, 2.75) is 45.1 Å². The Morgan fingerprint density at radius 1 is 1.45 bits per heavy atom. The second kappa shape index (κ2) is 3.86. The predicted molar refractivity (Wildman–Crippen MR) is 45.2 cm³/mol. The van der Waals surface area contributed by atoms with Crippen LogP contribution in [0.1, 0.15) is 39.0 Å². The Morgan fingerprint density at radius 2 is 2.09 bits per heavy atom. The van der Waals surface area contributed by atoms with Gasteiger partial charge in [-0.3, -0.25) is 4.79 Å². The van der Waals surface area contributed by atoms with Crippen molar-refractivity contribution in [3.8, 4) is 0 Å². The molecule has 2 heteroatoms. The second-order valence-electron chi connectivity index (χ2n) is 3.37. The maximum atomic E-state index is 11.3. The van der Waals surface area contributed by atoms with Gasteiger partial charge < -0.3 is 5.73 Å². The quantitative estimate of drug-likeness (QED) is 0.656. The smallest absolute Gasteiger partial charge is 0.137 e. The van der Waals surface area contributed by atoms with E-state index in [1.165, 1.54) is 12.8 Å². The van der Waals surface area contributed by atoms with Gasteiger partial charge in [0, 0.05) is 18.4 Å². The van der Waals surface area contributed by atoms with Gasteiger partial charge in [-0.25, -0.2) is 0 Å². The number of ketones is 1. The SMILES string of the molecule is CCC(=O)C1CCCCC1N. The van der Waals surface area contributed by atoms with Gasteiger partial charge in [-0.05, 0) is 12.8 Å². The van der Waals surface area contributed by atoms with Crippen LogP contribution >= 0.6 is 0 Å². The van der Waals surface area contributed by atoms with E-state index < -0.39 is 0 Å². The van der Waals surface area contributed by atoms with Crippen LogP contribution in [0.3, 0.4) is 0 Å². The third-order valence-electron chi connectivity index (χ3n) is 2.58. The topological polar surface area (TPSA) is 43.1 Å². The average molecular weight is 155 g/mol. The largest absolute Gasteiger partial charge is 0.327 e. The van der Waals surface area contributed by atoms with Gasteiger partial charge in [0.15, 0.2) is 0 Å². The summed E-state index contributed by atoms with van der Waals surface area (Å²) in [7, 11) is 0. The number of nitrogens with two attached hydrogens (primary N) is 1. The van der Waals surface area contributed by atoms with Crippen LogP contribution < -0.4 is 5.73 Å². The summed E-state index contributed by atoms with van der Waals surface area (Å²) in [5.41, 5.74) is 5.83. The number of carbonyl (C=O) groups excluding carboxylic acids is 1. The van der Waals surface area contributed by atoms with E-state index in [4.69, 9.17) is 5.73 Å². The van der Waals surface area contributed by atoms with E-state index in [1.54, 1.807) is 0 Å². The lowest BCUT2D eigenvalue weighted by molar-refractivity contribution is -0.123. The normalized spacial score (nSPS) is 31.8. The van der Waals surface area contributed by atoms with Gasteiger partial charge in [0.05, 0.1) is 0 Å². The fraction of sp³-hybridized carbons (Fsp3) is 0.889. The standard InChI is InChI=1S/C9H17NO/c1-2-9(11)7-5-3-4-6-8(7)10/h7-8H,2-6,10H2,1H3. The van der Waals surface area contributed by atoms with Gasteiger partial charge in [-0.15, -0.1) is 0 Å². The highest BCUT2D eigenvalue weighted by Gasteiger charge is 2.26. The van der Waals surface area contributed by atoms with Crippen LogP contribution in [0.5, 0.6) is 0 Å². The van der Waals surface area contributed by atoms with Gasteiger partial charge in [0.25, 0.3) is 0 Å². The molecule has 0 bridgehead atoms. The third-order valence-corrected chi connectivity index (χ3v) is 2.58. The molecule has 0 aromatic carbocycles. The number of carbonyl (C=O) groups is 1. The molecule has 2 N–H and O–H groups in total. The molecule has 1 aliphatic carbocycles. The number of hydrogen-bond acceptors (Lipinski definition) is 2. The Bertz CT molecular complexity index is 144. The van der Waals surface area contributed by atoms with Gasteiger partial charge in [-0.2, -0.15) is 0 Å². The van der Waals surface area contributed by atoms with E-state index >= 15 is 0 Å². The molecular weight excluding hydrogens is 138 g/mol. The molecule has 0 aromatic rings. The fourth-order valence-corrected chi connectivity index (χ4v) is 1.82. The Labute approximate surface area is 68.2 Å². The molecule has 0 aliphatic heterocycles. The molecule has 0 heterocycles. The third kappa shape index (κ3) is 2.03. The van der Waals surface area contributed by atoms with Gasteiger partial charge in [0.2, 0.25) is 0 Å². The molecule has 2 unspecified atom stereocenters. The monoisotopic (exact) mass is 155 g/mol. The van der Waals surface area contributed by atoms with E-state index in [9.17, 15) is 4.79 Å². The number of hydrogen-bond donors (Lipinski definition) is 1. The van der Waals surface area contributed by atoms with Gasteiger partial charge in [0.1, 0.15) is 5.78 Å². The molecule has 1 fully saturated rings. The van der Waals surface area contributed by atoms with Crippen molar-refractivity contribution < 1.29 is 4.79 Å². The minimum absolute atomic E-state index is 0.149. The summed E-state index contributed by atoms with van der Waals surface area (Å²) in [5, 5.41) is 0. The highest BCUT2D eigenvalue weighted by atomic mass is 16.1. The van der Waals surface area contributed by atoms with E-state index in [1.807, 2.05) is 6.92 Å². The lowest BCUT2D eigenvalue weighted by Gasteiger charge is -2.26. The minimum Gasteiger partial charge on any atom is -0.327 e. The lowest BCUT2D eigenvalue weighted by Crippen LogP contribution is -2.37. The van der Waals surface area contributed by atoms with E-state index in [-0.39, 0.29) is 12.0 Å². The number of Topliss-reactive ketones (excluding diaryl/α,β-unsaturated/α-hetero) is 1. The zero-order valence-corrected chi connectivity index (χ0v) is 7.18. The molecule has 2 nitrogen and oxygen atoms in total. The van der Waals surface area contributed by atoms with Crippen molar-refractivity contribution in [3.05, 3.63) is 0 Å². The molecule has 1 saturated carbocycles. The zero-order chi connectivity index (χ0) is 8.27. The summed E-state index contributed by atoms with van der Waals surface area (Å²) in [6.07, 6.45) is 5.10. The predicted octanol–water partition coefficient (Wildman–Crippen LogP) is 1.48. The first kappa shape index (κ1) is 8.72. The van der Waals surface area contributed by atoms with Gasteiger partial charge in [-0.1, -0.05) is 19.8 Å². The average Bonchev–Trinajstić information content (AvgIpc) is 2.04. The van der Waals surface area contributed by atoms with Crippen molar-refractivity contribution in [2.75, 3.05) is 0 Å². The summed E-state index contributed by atoms with van der Waals surface area (Å²) >= 11 is 0. The molecule has 0 amide bonds. The van der Waals surface area contributed by atoms with E-state index in [0.717, 1.165) is 12.8 Å². The van der Waals surface area contributed by atoms with Crippen LogP contribution in [-0.4, -0.2) is 11.8 Å². The molecule has 0 aromatic heterocycles. The molecular formula is C9H17NO. The Morgan fingerprint density at radius 3 is 2.64 bits per heavy atom. The Balaban J connectivity index is 2.47. The highest BCUT2D eigenvalue weighted by molar-refractivity contribution is 5.81. The maximum absolute atomic E-state index is 11.3. The van der Waals surface area contributed by atoms with E-state index in [2.05, 4.69) is 0 Å². The summed E-state index contributed by atoms with van der Waals surface area (Å²) < 4.78 is 0. The van der Waals surface area contributed by atoms with Crippen molar-refractivity contribution in [1.82, 2.24) is 0 Å². The van der Waals surface area contributed by atoms with Crippen LogP contribution in [-0.2, 0) is 4.79 Å². The first-order valence-electron chi connectivity index (χ1n) is 4.54. The van der Waals surface area contributed by atoms with Crippen molar-refractivity contribution in [2.24, 2.45) is 11.7 Å². The molecule has 1 rings (SSSR count). The number of rotatable bonds is 2. The van der Waals surface area contributed by atoms with Crippen LogP contribution in [0.15, 0.2) is 0 Å². The van der Waals surface area contributed by atoms with Crippen molar-refractivity contribution in [1.29, 1.82) is 0 Å². The van der Waals surface area contributed by atoms with Gasteiger partial charge >= 0.3 is 0 Å². The molecule has 0 saturated heterocycles. The second-order valence-corrected chi connectivity index (χ2v) is 3.37. The molecule has 64 valence electrons. The van der Waals surface area contributed by atoms with Crippen LogP contribution in [0, 0.1) is 5.92 Å². The van der Waals surface area contributed by atoms with Crippen molar-refractivity contribution in [3.63, 3.8) is 0 Å². The first-order chi connectivity index (χ1) is 5.25. The van der Waals surface area contributed by atoms with Crippen LogP contribution in [0.2, 0.25) is 0 Å². The molecule has 2 atom stereocenters. The van der Waals surface area contributed by atoms with E-state index in [0.29, 0.717) is 12.2 Å². The van der Waals surface area contributed by atoms with Crippen molar-refractivity contribution >= 4 is 5.78 Å². The fourth-order valence-electron chi connectivity index (χ4n) is 1.82. The molecule has 1 aliphatic rings. The lowest BCUT2D eigenvalue weighted by atomic mass is 9.82. The first-order valence-corrected chi connectivity index (χ1v) is 4.54. The Hall–Kier alpha value is -0.370. The highest BCUT2D eigenvalue weighted by Crippen LogP contribution is 2.24. The summed E-state index contributed by atoms with van der Waals surface area (Å²) in [4.78, 5) is 11.3. The summed E-state index contributed by atoms with van der Waals surface area (Å²) in [6, 6.07) is 0.149. The summed E-state index contributed by atoms with van der Waals surface area (Å²) in [6.45, 7) is 1.92. The molecule has 0 radical (unpaired) electrons. The zero-order valence-electron chi connectivity index (χ0n) is 7.18. The molecule has 0 spiro atoms. The molecule has 11 heavy (non-hydrogen) atoms. The Kier molecular flexibility index (Phi) is 3.06. The summed E-state index contributed by atoms with van der Waals surface area (Å²) in [5.74, 6) is 0.533. The van der Waals surface area contributed by atoms with Crippen LogP contribution in [0.25, 0.3) is 0 Å². The maximum Gasteiger partial charge on any atom is 0.137 e. The minimum atomic E-state index is 0.149.